The fourth-order valence-corrected chi connectivity index (χ4v) is 1.42. The van der Waals surface area contributed by atoms with Crippen LogP contribution in [0, 0.1) is 11.6 Å². The molecule has 17 heavy (non-hydrogen) atoms. The second kappa shape index (κ2) is 4.78. The second-order valence-corrected chi connectivity index (χ2v) is 3.53. The molecule has 5 heteroatoms. The van der Waals surface area contributed by atoms with Gasteiger partial charge >= 0.3 is 0 Å². The number of anilines is 2. The summed E-state index contributed by atoms with van der Waals surface area (Å²) in [7, 11) is 0. The molecule has 0 atom stereocenters. The summed E-state index contributed by atoms with van der Waals surface area (Å²) < 4.78 is 26.0. The summed E-state index contributed by atoms with van der Waals surface area (Å²) in [6.07, 6.45) is 1.57. The van der Waals surface area contributed by atoms with Gasteiger partial charge in [0.05, 0.1) is 5.69 Å². The number of nitrogens with zero attached hydrogens (tertiary/aromatic N) is 1. The number of halogens is 2. The molecule has 0 radical (unpaired) electrons. The van der Waals surface area contributed by atoms with Crippen LogP contribution in [-0.2, 0) is 6.54 Å². The zero-order valence-corrected chi connectivity index (χ0v) is 8.95. The highest BCUT2D eigenvalue weighted by Gasteiger charge is 2.04. The highest BCUT2D eigenvalue weighted by molar-refractivity contribution is 5.60. The SMILES string of the molecule is Nc1ncccc1NCc1ccc(F)cc1F. The molecule has 2 aromatic rings. The predicted octanol–water partition coefficient (Wildman–Crippen LogP) is 2.55. The maximum atomic E-state index is 13.3. The monoisotopic (exact) mass is 235 g/mol. The van der Waals surface area contributed by atoms with Crippen LogP contribution in [0.25, 0.3) is 0 Å². The van der Waals surface area contributed by atoms with Crippen molar-refractivity contribution in [2.24, 2.45) is 0 Å². The molecule has 3 N–H and O–H groups in total. The van der Waals surface area contributed by atoms with Gasteiger partial charge in [0, 0.05) is 24.4 Å². The van der Waals surface area contributed by atoms with Crippen LogP contribution in [0.4, 0.5) is 20.3 Å². The van der Waals surface area contributed by atoms with Crippen molar-refractivity contribution < 1.29 is 8.78 Å². The molecule has 1 aromatic heterocycles. The van der Waals surface area contributed by atoms with E-state index in [-0.39, 0.29) is 6.54 Å². The second-order valence-electron chi connectivity index (χ2n) is 3.53. The standard InChI is InChI=1S/C12H11F2N3/c13-9-4-3-8(10(14)6-9)7-17-11-2-1-5-16-12(11)15/h1-6,17H,7H2,(H2,15,16). The van der Waals surface area contributed by atoms with Gasteiger partial charge in [0.25, 0.3) is 0 Å². The summed E-state index contributed by atoms with van der Waals surface area (Å²) >= 11 is 0. The van der Waals surface area contributed by atoms with Crippen molar-refractivity contribution in [2.45, 2.75) is 6.54 Å². The summed E-state index contributed by atoms with van der Waals surface area (Å²) in [6, 6.07) is 6.92. The molecule has 1 heterocycles. The third-order valence-electron chi connectivity index (χ3n) is 2.32. The molecule has 0 aliphatic rings. The molecule has 0 unspecified atom stereocenters. The lowest BCUT2D eigenvalue weighted by molar-refractivity contribution is 0.574. The Labute approximate surface area is 97.3 Å². The molecule has 88 valence electrons. The lowest BCUT2D eigenvalue weighted by atomic mass is 10.2. The lowest BCUT2D eigenvalue weighted by Gasteiger charge is -2.08. The van der Waals surface area contributed by atoms with Gasteiger partial charge in [0.15, 0.2) is 0 Å². The molecule has 0 saturated carbocycles. The Morgan fingerprint density at radius 2 is 2.06 bits per heavy atom. The van der Waals surface area contributed by atoms with Crippen molar-refractivity contribution in [3.8, 4) is 0 Å². The summed E-state index contributed by atoms with van der Waals surface area (Å²) in [5.41, 5.74) is 6.61. The first kappa shape index (κ1) is 11.3. The van der Waals surface area contributed by atoms with Gasteiger partial charge in [-0.2, -0.15) is 0 Å². The number of nitrogens with one attached hydrogen (secondary N) is 1. The average Bonchev–Trinajstić information content (AvgIpc) is 2.30. The molecule has 1 aromatic carbocycles. The van der Waals surface area contributed by atoms with Gasteiger partial charge < -0.3 is 11.1 Å². The Bertz CT molecular complexity index is 529. The number of nitrogens with two attached hydrogens (primary N) is 1. The van der Waals surface area contributed by atoms with E-state index in [1.807, 2.05) is 0 Å². The summed E-state index contributed by atoms with van der Waals surface area (Å²) in [6.45, 7) is 0.224. The average molecular weight is 235 g/mol. The number of pyridine rings is 1. The fourth-order valence-electron chi connectivity index (χ4n) is 1.42. The molecule has 0 spiro atoms. The molecule has 0 amide bonds. The van der Waals surface area contributed by atoms with Gasteiger partial charge in [-0.1, -0.05) is 6.07 Å². The molecule has 0 bridgehead atoms. The number of hydrogen-bond donors (Lipinski definition) is 2. The van der Waals surface area contributed by atoms with Gasteiger partial charge in [-0.25, -0.2) is 13.8 Å². The highest BCUT2D eigenvalue weighted by Crippen LogP contribution is 2.16. The maximum absolute atomic E-state index is 13.3. The molecular formula is C12H11F2N3. The van der Waals surface area contributed by atoms with E-state index in [2.05, 4.69) is 10.3 Å². The quantitative estimate of drug-likeness (QED) is 0.859. The minimum atomic E-state index is -0.591. The van der Waals surface area contributed by atoms with Gasteiger partial charge in [0.1, 0.15) is 17.5 Å². The predicted molar refractivity (Wildman–Crippen MR) is 62.3 cm³/mol. The molecule has 0 aliphatic heterocycles. The van der Waals surface area contributed by atoms with Crippen LogP contribution in [-0.4, -0.2) is 4.98 Å². The summed E-state index contributed by atoms with van der Waals surface area (Å²) in [5, 5.41) is 2.94. The first-order chi connectivity index (χ1) is 8.16. The summed E-state index contributed by atoms with van der Waals surface area (Å²) in [5.74, 6) is -0.831. The Balaban J connectivity index is 2.10. The Morgan fingerprint density at radius 3 is 2.76 bits per heavy atom. The van der Waals surface area contributed by atoms with Gasteiger partial charge in [-0.3, -0.25) is 0 Å². The van der Waals surface area contributed by atoms with Crippen molar-refractivity contribution in [2.75, 3.05) is 11.1 Å². The van der Waals surface area contributed by atoms with E-state index in [1.54, 1.807) is 18.3 Å². The minimum absolute atomic E-state index is 0.224. The number of aromatic nitrogens is 1. The molecule has 0 saturated heterocycles. The first-order valence-corrected chi connectivity index (χ1v) is 5.05. The number of benzene rings is 1. The van der Waals surface area contributed by atoms with Crippen molar-refractivity contribution in [3.05, 3.63) is 53.7 Å². The van der Waals surface area contributed by atoms with Crippen LogP contribution in [0.15, 0.2) is 36.5 Å². The third-order valence-corrected chi connectivity index (χ3v) is 2.32. The highest BCUT2D eigenvalue weighted by atomic mass is 19.1. The number of nitrogen functional groups attached to an aromatic ring is 1. The van der Waals surface area contributed by atoms with Crippen molar-refractivity contribution in [1.82, 2.24) is 4.98 Å². The van der Waals surface area contributed by atoms with Crippen molar-refractivity contribution in [3.63, 3.8) is 0 Å². The molecule has 2 rings (SSSR count). The van der Waals surface area contributed by atoms with Crippen LogP contribution < -0.4 is 11.1 Å². The number of hydrogen-bond acceptors (Lipinski definition) is 3. The smallest absolute Gasteiger partial charge is 0.146 e. The molecule has 0 aliphatic carbocycles. The van der Waals surface area contributed by atoms with Crippen LogP contribution in [0.1, 0.15) is 5.56 Å². The largest absolute Gasteiger partial charge is 0.382 e. The van der Waals surface area contributed by atoms with Crippen LogP contribution in [0.5, 0.6) is 0 Å². The topological polar surface area (TPSA) is 50.9 Å². The van der Waals surface area contributed by atoms with Crippen molar-refractivity contribution >= 4 is 11.5 Å². The Kier molecular flexibility index (Phi) is 3.18. The third kappa shape index (κ3) is 2.69. The minimum Gasteiger partial charge on any atom is -0.382 e. The molecule has 0 fully saturated rings. The zero-order chi connectivity index (χ0) is 12.3. The van der Waals surface area contributed by atoms with Crippen LogP contribution in [0.3, 0.4) is 0 Å². The van der Waals surface area contributed by atoms with Gasteiger partial charge in [-0.15, -0.1) is 0 Å². The number of rotatable bonds is 3. The van der Waals surface area contributed by atoms with E-state index in [9.17, 15) is 8.78 Å². The fraction of sp³-hybridized carbons (Fsp3) is 0.0833. The maximum Gasteiger partial charge on any atom is 0.146 e. The molecule has 3 nitrogen and oxygen atoms in total. The Hall–Kier alpha value is -2.17. The van der Waals surface area contributed by atoms with E-state index < -0.39 is 11.6 Å². The van der Waals surface area contributed by atoms with Gasteiger partial charge in [-0.05, 0) is 18.2 Å². The van der Waals surface area contributed by atoms with Gasteiger partial charge in [0.2, 0.25) is 0 Å². The van der Waals surface area contributed by atoms with E-state index >= 15 is 0 Å². The zero-order valence-electron chi connectivity index (χ0n) is 8.95. The van der Waals surface area contributed by atoms with Crippen LogP contribution in [0.2, 0.25) is 0 Å². The van der Waals surface area contributed by atoms with Crippen LogP contribution >= 0.6 is 0 Å². The first-order valence-electron chi connectivity index (χ1n) is 5.05. The normalized spacial score (nSPS) is 10.2. The van der Waals surface area contributed by atoms with E-state index in [0.717, 1.165) is 6.07 Å². The Morgan fingerprint density at radius 1 is 1.24 bits per heavy atom. The van der Waals surface area contributed by atoms with E-state index in [0.29, 0.717) is 17.1 Å². The lowest BCUT2D eigenvalue weighted by Crippen LogP contribution is -2.05. The summed E-state index contributed by atoms with van der Waals surface area (Å²) in [4.78, 5) is 3.89. The van der Waals surface area contributed by atoms with Crippen molar-refractivity contribution in [1.29, 1.82) is 0 Å². The van der Waals surface area contributed by atoms with E-state index in [4.69, 9.17) is 5.73 Å². The van der Waals surface area contributed by atoms with E-state index in [1.165, 1.54) is 12.1 Å². The molecular weight excluding hydrogens is 224 g/mol.